The van der Waals surface area contributed by atoms with Crippen LogP contribution in [0.15, 0.2) is 41.4 Å². The Morgan fingerprint density at radius 2 is 2.07 bits per heavy atom. The van der Waals surface area contributed by atoms with Crippen LogP contribution in [-0.4, -0.2) is 56.4 Å². The first-order valence-electron chi connectivity index (χ1n) is 8.55. The minimum atomic E-state index is -4.90. The summed E-state index contributed by atoms with van der Waals surface area (Å²) in [6, 6.07) is 7.52. The van der Waals surface area contributed by atoms with Crippen LogP contribution >= 0.6 is 0 Å². The number of hydrogen-bond donors (Lipinski definition) is 3. The quantitative estimate of drug-likeness (QED) is 0.621. The number of anilines is 2. The van der Waals surface area contributed by atoms with Gasteiger partial charge in [-0.05, 0) is 18.2 Å². The second kappa shape index (κ2) is 7.99. The minimum absolute atomic E-state index is 0.0385. The summed E-state index contributed by atoms with van der Waals surface area (Å²) < 4.78 is 69.6. The summed E-state index contributed by atoms with van der Waals surface area (Å²) in [5, 5.41) is 10.8. The number of alkyl halides is 3. The number of ether oxygens (including phenoxy) is 1. The lowest BCUT2D eigenvalue weighted by Gasteiger charge is -2.30. The number of carbonyl (C=O) groups excluding carboxylic acids is 1. The minimum Gasteiger partial charge on any atom is -0.489 e. The van der Waals surface area contributed by atoms with Crippen molar-refractivity contribution in [3.05, 3.63) is 42.2 Å². The van der Waals surface area contributed by atoms with E-state index in [-0.39, 0.29) is 23.7 Å². The molecule has 4 N–H and O–H groups in total. The van der Waals surface area contributed by atoms with Crippen molar-refractivity contribution < 1.29 is 36.2 Å². The number of sulfonamides is 1. The smallest absolute Gasteiger partial charge is 0.416 e. The zero-order chi connectivity index (χ0) is 22.1. The number of fused-ring (bicyclic) bond motifs is 1. The molecule has 9 nitrogen and oxygen atoms in total. The first-order valence-corrected chi connectivity index (χ1v) is 9.99. The van der Waals surface area contributed by atoms with Crippen LogP contribution in [0.3, 0.4) is 0 Å². The van der Waals surface area contributed by atoms with Crippen LogP contribution in [0.5, 0.6) is 5.75 Å². The summed E-state index contributed by atoms with van der Waals surface area (Å²) in [4.78, 5) is 15.4. The van der Waals surface area contributed by atoms with Crippen molar-refractivity contribution in [3.8, 4) is 5.75 Å². The molecule has 2 heterocycles. The van der Waals surface area contributed by atoms with E-state index in [0.29, 0.717) is 11.4 Å². The van der Waals surface area contributed by atoms with Crippen molar-refractivity contribution in [2.45, 2.75) is 17.2 Å². The first kappa shape index (κ1) is 21.6. The van der Waals surface area contributed by atoms with Gasteiger partial charge in [0.15, 0.2) is 11.8 Å². The maximum atomic E-state index is 13.0. The van der Waals surface area contributed by atoms with Gasteiger partial charge in [0.05, 0.1) is 24.5 Å². The molecule has 162 valence electrons. The molecule has 13 heteroatoms. The van der Waals surface area contributed by atoms with E-state index >= 15 is 0 Å². The number of pyridine rings is 1. The van der Waals surface area contributed by atoms with E-state index in [1.54, 1.807) is 24.3 Å². The number of nitrogens with two attached hydrogens (primary N) is 1. The lowest BCUT2D eigenvalue weighted by molar-refractivity contribution is -0.201. The summed E-state index contributed by atoms with van der Waals surface area (Å²) >= 11 is 0. The van der Waals surface area contributed by atoms with E-state index in [0.717, 1.165) is 16.6 Å². The molecule has 1 atom stereocenters. The molecule has 1 aromatic carbocycles. The highest BCUT2D eigenvalue weighted by molar-refractivity contribution is 7.92. The molecule has 1 aliphatic rings. The number of rotatable bonds is 5. The van der Waals surface area contributed by atoms with Crippen LogP contribution in [-0.2, 0) is 10.0 Å². The molecule has 0 saturated heterocycles. The predicted octanol–water partition coefficient (Wildman–Crippen LogP) is 0.904. The third kappa shape index (κ3) is 4.26. The number of nitrogen functional groups attached to an aromatic ring is 1. The summed E-state index contributed by atoms with van der Waals surface area (Å²) in [6.45, 7) is -0.938. The van der Waals surface area contributed by atoms with Gasteiger partial charge in [-0.3, -0.25) is 9.10 Å². The Hall–Kier alpha value is -3.06. The highest BCUT2D eigenvalue weighted by Gasteiger charge is 2.38. The number of aromatic nitrogens is 1. The van der Waals surface area contributed by atoms with Crippen LogP contribution < -0.4 is 20.1 Å². The number of aliphatic hydroxyl groups excluding tert-OH is 1. The topological polar surface area (TPSA) is 135 Å². The Morgan fingerprint density at radius 3 is 2.73 bits per heavy atom. The van der Waals surface area contributed by atoms with Crippen molar-refractivity contribution in [1.29, 1.82) is 0 Å². The fourth-order valence-electron chi connectivity index (χ4n) is 2.70. The van der Waals surface area contributed by atoms with Gasteiger partial charge in [-0.1, -0.05) is 12.1 Å². The van der Waals surface area contributed by atoms with Gasteiger partial charge in [0.2, 0.25) is 0 Å². The standard InChI is InChI=1S/C17H17F3N4O5S/c18-17(19,20)14(25)9-23-16(26)15-11(21)7-10(8-22-15)30(27,28)24-5-6-29-13-4-2-1-3-12(13)24/h1-4,7-8,14,25H,5-6,9,21H2,(H,23,26). The fraction of sp³-hybridized carbons (Fsp3) is 0.294. The van der Waals surface area contributed by atoms with E-state index in [9.17, 15) is 26.4 Å². The largest absolute Gasteiger partial charge is 0.489 e. The van der Waals surface area contributed by atoms with Crippen LogP contribution in [0, 0.1) is 0 Å². The third-order valence-corrected chi connectivity index (χ3v) is 5.99. The Morgan fingerprint density at radius 1 is 1.37 bits per heavy atom. The van der Waals surface area contributed by atoms with Crippen LogP contribution in [0.25, 0.3) is 0 Å². The predicted molar refractivity (Wildman–Crippen MR) is 99.5 cm³/mol. The van der Waals surface area contributed by atoms with Crippen molar-refractivity contribution in [1.82, 2.24) is 10.3 Å². The SMILES string of the molecule is Nc1cc(S(=O)(=O)N2CCOc3ccccc32)cnc1C(=O)NCC(O)C(F)(F)F. The molecule has 0 spiro atoms. The lowest BCUT2D eigenvalue weighted by Crippen LogP contribution is -2.41. The summed E-state index contributed by atoms with van der Waals surface area (Å²) in [7, 11) is -4.10. The molecule has 30 heavy (non-hydrogen) atoms. The number of amides is 1. The molecule has 2 aromatic rings. The van der Waals surface area contributed by atoms with Crippen molar-refractivity contribution >= 4 is 27.3 Å². The van der Waals surface area contributed by atoms with Crippen molar-refractivity contribution in [3.63, 3.8) is 0 Å². The number of aliphatic hydroxyl groups is 1. The van der Waals surface area contributed by atoms with Gasteiger partial charge in [0.25, 0.3) is 15.9 Å². The van der Waals surface area contributed by atoms with E-state index in [1.165, 1.54) is 0 Å². The fourth-order valence-corrected chi connectivity index (χ4v) is 4.14. The lowest BCUT2D eigenvalue weighted by atomic mass is 10.2. The zero-order valence-corrected chi connectivity index (χ0v) is 16.1. The Labute approximate surface area is 169 Å². The number of benzene rings is 1. The van der Waals surface area contributed by atoms with Gasteiger partial charge in [0.1, 0.15) is 17.3 Å². The molecule has 0 aliphatic carbocycles. The highest BCUT2D eigenvalue weighted by Crippen LogP contribution is 2.35. The van der Waals surface area contributed by atoms with Gasteiger partial charge >= 0.3 is 6.18 Å². The molecular weight excluding hydrogens is 429 g/mol. The molecule has 1 unspecified atom stereocenters. The number of hydrogen-bond acceptors (Lipinski definition) is 7. The van der Waals surface area contributed by atoms with Gasteiger partial charge in [-0.25, -0.2) is 13.4 Å². The van der Waals surface area contributed by atoms with Crippen LogP contribution in [0.4, 0.5) is 24.5 Å². The molecule has 1 aliphatic heterocycles. The normalized spacial score (nSPS) is 15.1. The molecule has 1 amide bonds. The average molecular weight is 446 g/mol. The highest BCUT2D eigenvalue weighted by atomic mass is 32.2. The van der Waals surface area contributed by atoms with E-state index < -0.39 is 40.4 Å². The van der Waals surface area contributed by atoms with Gasteiger partial charge in [-0.2, -0.15) is 13.2 Å². The van der Waals surface area contributed by atoms with Crippen LogP contribution in [0.1, 0.15) is 10.5 Å². The second-order valence-corrected chi connectivity index (χ2v) is 8.13. The maximum Gasteiger partial charge on any atom is 0.416 e. The molecule has 0 saturated carbocycles. The molecule has 1 aromatic heterocycles. The summed E-state index contributed by atoms with van der Waals surface area (Å²) in [5.41, 5.74) is 5.23. The molecule has 0 bridgehead atoms. The Bertz CT molecular complexity index is 1060. The molecular formula is C17H17F3N4O5S. The van der Waals surface area contributed by atoms with E-state index in [4.69, 9.17) is 15.6 Å². The first-order chi connectivity index (χ1) is 14.0. The Kier molecular flexibility index (Phi) is 5.76. The van der Waals surface area contributed by atoms with Gasteiger partial charge < -0.3 is 20.9 Å². The number of carbonyl (C=O) groups is 1. The number of nitrogens with zero attached hydrogens (tertiary/aromatic N) is 2. The molecule has 0 fully saturated rings. The number of para-hydroxylation sites is 2. The van der Waals surface area contributed by atoms with Crippen molar-refractivity contribution in [2.75, 3.05) is 29.7 Å². The van der Waals surface area contributed by atoms with Gasteiger partial charge in [-0.15, -0.1) is 0 Å². The van der Waals surface area contributed by atoms with E-state index in [1.807, 2.05) is 5.32 Å². The third-order valence-electron chi connectivity index (χ3n) is 4.21. The van der Waals surface area contributed by atoms with Gasteiger partial charge in [0, 0.05) is 6.20 Å². The van der Waals surface area contributed by atoms with Crippen molar-refractivity contribution in [2.24, 2.45) is 0 Å². The average Bonchev–Trinajstić information content (AvgIpc) is 2.70. The monoisotopic (exact) mass is 446 g/mol. The second-order valence-electron chi connectivity index (χ2n) is 6.27. The summed E-state index contributed by atoms with van der Waals surface area (Å²) in [5.74, 6) is -0.705. The Balaban J connectivity index is 1.82. The maximum absolute atomic E-state index is 13.0. The van der Waals surface area contributed by atoms with E-state index in [2.05, 4.69) is 4.98 Å². The zero-order valence-electron chi connectivity index (χ0n) is 15.3. The summed E-state index contributed by atoms with van der Waals surface area (Å²) in [6.07, 6.45) is -6.78. The van der Waals surface area contributed by atoms with Crippen LogP contribution in [0.2, 0.25) is 0 Å². The number of halogens is 3. The molecule has 3 rings (SSSR count). The molecule has 0 radical (unpaired) electrons. The number of nitrogens with one attached hydrogen (secondary N) is 1.